The number of nitrogens with zero attached hydrogens (tertiary/aromatic N) is 1. The van der Waals surface area contributed by atoms with Crippen LogP contribution < -0.4 is 0 Å². The van der Waals surface area contributed by atoms with Crippen LogP contribution in [0.1, 0.15) is 0 Å². The zero-order chi connectivity index (χ0) is 13.5. The van der Waals surface area contributed by atoms with Gasteiger partial charge in [0.2, 0.25) is 16.3 Å². The first-order valence-corrected chi connectivity index (χ1v) is 8.44. The first-order valence-electron chi connectivity index (χ1n) is 3.89. The van der Waals surface area contributed by atoms with Crippen LogP contribution in [0.2, 0.25) is 0 Å². The molecule has 17 heavy (non-hydrogen) atoms. The Bertz CT molecular complexity index is 586. The third kappa shape index (κ3) is 3.84. The number of rotatable bonds is 4. The predicted molar refractivity (Wildman–Crippen MR) is 52.4 cm³/mol. The summed E-state index contributed by atoms with van der Waals surface area (Å²) in [5, 5.41) is 0. The Morgan fingerprint density at radius 3 is 2.18 bits per heavy atom. The molecule has 0 aromatic carbocycles. The molecule has 0 aromatic heterocycles. The minimum absolute atomic E-state index is 0.0612. The Labute approximate surface area is 98.7 Å². The Kier molecular flexibility index (Phi) is 3.83. The van der Waals surface area contributed by atoms with E-state index in [1.807, 2.05) is 0 Å². The summed E-state index contributed by atoms with van der Waals surface area (Å²) in [5.41, 5.74) is 0. The van der Waals surface area contributed by atoms with Crippen LogP contribution in [0.25, 0.3) is 0 Å². The first-order chi connectivity index (χ1) is 7.44. The van der Waals surface area contributed by atoms with Gasteiger partial charge in [-0.3, -0.25) is 0 Å². The molecule has 1 aliphatic heterocycles. The lowest BCUT2D eigenvalue weighted by atomic mass is 10.7. The maximum absolute atomic E-state index is 11.3. The van der Waals surface area contributed by atoms with E-state index in [2.05, 4.69) is 12.5 Å². The van der Waals surface area contributed by atoms with E-state index >= 15 is 0 Å². The van der Waals surface area contributed by atoms with Gasteiger partial charge in [-0.1, -0.05) is 3.71 Å². The number of hydrogen-bond acceptors (Lipinski definition) is 9. The number of hydrogen-bond donors (Lipinski definition) is 0. The Morgan fingerprint density at radius 2 is 1.82 bits per heavy atom. The largest absolute Gasteiger partial charge is 0.402 e. The van der Waals surface area contributed by atoms with Crippen LogP contribution >= 0.6 is 0 Å². The maximum atomic E-state index is 11.3. The molecule has 0 aliphatic carbocycles. The second-order valence-electron chi connectivity index (χ2n) is 2.92. The van der Waals surface area contributed by atoms with E-state index < -0.39 is 43.6 Å². The van der Waals surface area contributed by atoms with E-state index in [0.29, 0.717) is 6.26 Å². The van der Waals surface area contributed by atoms with Gasteiger partial charge in [-0.25, -0.2) is 21.0 Å². The van der Waals surface area contributed by atoms with Crippen molar-refractivity contribution in [2.24, 2.45) is 0 Å². The van der Waals surface area contributed by atoms with E-state index in [1.54, 1.807) is 0 Å². The molecular weight excluding hydrogens is 302 g/mol. The number of sulfonamides is 1. The van der Waals surface area contributed by atoms with Crippen LogP contribution in [0.4, 0.5) is 0 Å². The fourth-order valence-corrected chi connectivity index (χ4v) is 3.39. The molecule has 1 fully saturated rings. The summed E-state index contributed by atoms with van der Waals surface area (Å²) in [6, 6.07) is 0. The molecule has 0 radical (unpaired) electrons. The third-order valence-corrected chi connectivity index (χ3v) is 5.84. The van der Waals surface area contributed by atoms with Crippen LogP contribution in [0, 0.1) is 0 Å². The van der Waals surface area contributed by atoms with Crippen molar-refractivity contribution >= 4 is 30.7 Å². The maximum Gasteiger partial charge on any atom is 0.402 e. The Balaban J connectivity index is 2.83. The van der Waals surface area contributed by atoms with Crippen LogP contribution in [0.5, 0.6) is 0 Å². The smallest absolute Gasteiger partial charge is 0.243 e. The van der Waals surface area contributed by atoms with Gasteiger partial charge in [-0.15, -0.1) is 0 Å². The molecule has 10 nitrogen and oxygen atoms in total. The van der Waals surface area contributed by atoms with E-state index in [-0.39, 0.29) is 3.71 Å². The highest BCUT2D eigenvalue weighted by Gasteiger charge is 2.38. The minimum atomic E-state index is -4.68. The van der Waals surface area contributed by atoms with Gasteiger partial charge in [0.15, 0.2) is 0 Å². The van der Waals surface area contributed by atoms with Crippen LogP contribution in [0.3, 0.4) is 0 Å². The average Bonchev–Trinajstić information content (AvgIpc) is 2.41. The second kappa shape index (κ2) is 4.42. The topological polar surface area (TPSA) is 133 Å². The monoisotopic (exact) mass is 311 g/mol. The fourth-order valence-electron chi connectivity index (χ4n) is 0.732. The first kappa shape index (κ1) is 14.7. The van der Waals surface area contributed by atoms with Gasteiger partial charge in [0.05, 0.1) is 6.26 Å². The molecule has 1 atom stereocenters. The molecule has 1 rings (SSSR count). The summed E-state index contributed by atoms with van der Waals surface area (Å²) < 4.78 is 78.2. The van der Waals surface area contributed by atoms with Crippen molar-refractivity contribution in [2.45, 2.75) is 6.29 Å². The summed E-state index contributed by atoms with van der Waals surface area (Å²) in [6.45, 7) is -0.681. The summed E-state index contributed by atoms with van der Waals surface area (Å²) in [5.74, 6) is 0. The molecule has 0 saturated carbocycles. The molecule has 13 heteroatoms. The highest BCUT2D eigenvalue weighted by molar-refractivity contribution is 8.01. The summed E-state index contributed by atoms with van der Waals surface area (Å²) >= 11 is 0. The molecule has 0 aromatic rings. The van der Waals surface area contributed by atoms with E-state index in [0.717, 1.165) is 7.05 Å². The molecule has 1 saturated heterocycles. The van der Waals surface area contributed by atoms with Crippen molar-refractivity contribution in [2.75, 3.05) is 19.9 Å². The third-order valence-electron chi connectivity index (χ3n) is 1.58. The second-order valence-corrected chi connectivity index (χ2v) is 8.00. The molecule has 1 heterocycles. The predicted octanol–water partition coefficient (Wildman–Crippen LogP) is -2.24. The average molecular weight is 311 g/mol. The Morgan fingerprint density at radius 1 is 1.29 bits per heavy atom. The van der Waals surface area contributed by atoms with Crippen molar-refractivity contribution in [1.82, 2.24) is 3.71 Å². The zero-order valence-electron chi connectivity index (χ0n) is 8.63. The van der Waals surface area contributed by atoms with Gasteiger partial charge >= 0.3 is 20.7 Å². The lowest BCUT2D eigenvalue weighted by molar-refractivity contribution is 0.0273. The normalized spacial score (nSPS) is 25.2. The van der Waals surface area contributed by atoms with Crippen molar-refractivity contribution in [3.63, 3.8) is 0 Å². The van der Waals surface area contributed by atoms with E-state index in [9.17, 15) is 25.3 Å². The lowest BCUT2D eigenvalue weighted by Gasteiger charge is -2.15. The van der Waals surface area contributed by atoms with Gasteiger partial charge in [-0.05, 0) is 0 Å². The van der Waals surface area contributed by atoms with Gasteiger partial charge in [0, 0.05) is 7.05 Å². The van der Waals surface area contributed by atoms with E-state index in [4.69, 9.17) is 0 Å². The molecule has 0 amide bonds. The van der Waals surface area contributed by atoms with Crippen molar-refractivity contribution in [3.8, 4) is 0 Å². The zero-order valence-corrected chi connectivity index (χ0v) is 11.1. The standard InChI is InChI=1S/C4H9NO9S3/c1-5(15(2,6)7)16(8,9)13-4-3-12-17(10,11)14-4/h4H,3H2,1-2H3. The molecule has 1 aliphatic rings. The quantitative estimate of drug-likeness (QED) is 0.564. The summed E-state index contributed by atoms with van der Waals surface area (Å²) in [4.78, 5) is 0. The van der Waals surface area contributed by atoms with Gasteiger partial charge in [-0.2, -0.15) is 16.8 Å². The summed E-state index contributed by atoms with van der Waals surface area (Å²) in [7, 11) is -12.3. The van der Waals surface area contributed by atoms with Crippen molar-refractivity contribution in [1.29, 1.82) is 0 Å². The van der Waals surface area contributed by atoms with Gasteiger partial charge in [0.25, 0.3) is 0 Å². The van der Waals surface area contributed by atoms with Gasteiger partial charge in [0.1, 0.15) is 6.61 Å². The van der Waals surface area contributed by atoms with Crippen molar-refractivity contribution in [3.05, 3.63) is 0 Å². The molecule has 0 N–H and O–H groups in total. The highest BCUT2D eigenvalue weighted by Crippen LogP contribution is 2.18. The summed E-state index contributed by atoms with van der Waals surface area (Å²) in [6.07, 6.45) is -1.11. The molecular formula is C4H9NO9S3. The van der Waals surface area contributed by atoms with Gasteiger partial charge < -0.3 is 0 Å². The SMILES string of the molecule is CN(S(C)(=O)=O)S(=O)(=O)OC1COS(=O)(=O)O1. The fraction of sp³-hybridized carbons (Fsp3) is 1.00. The lowest BCUT2D eigenvalue weighted by Crippen LogP contribution is -2.36. The van der Waals surface area contributed by atoms with Crippen molar-refractivity contribution < 1.29 is 37.8 Å². The Hall–Kier alpha value is -0.310. The van der Waals surface area contributed by atoms with Crippen LogP contribution in [-0.2, 0) is 43.3 Å². The van der Waals surface area contributed by atoms with Crippen LogP contribution in [0.15, 0.2) is 0 Å². The van der Waals surface area contributed by atoms with E-state index in [1.165, 1.54) is 0 Å². The minimum Gasteiger partial charge on any atom is -0.243 e. The molecule has 0 spiro atoms. The molecule has 1 unspecified atom stereocenters. The molecule has 102 valence electrons. The van der Waals surface area contributed by atoms with Crippen LogP contribution in [-0.4, -0.2) is 55.2 Å². The highest BCUT2D eigenvalue weighted by atomic mass is 32.3. The molecule has 0 bridgehead atoms.